The third kappa shape index (κ3) is 5.91. The zero-order valence-corrected chi connectivity index (χ0v) is 15.8. The van der Waals surface area contributed by atoms with Gasteiger partial charge in [-0.3, -0.25) is 9.10 Å². The molecule has 0 spiro atoms. The Balaban J connectivity index is 2.30. The van der Waals surface area contributed by atoms with Crippen molar-refractivity contribution in [3.05, 3.63) is 23.8 Å². The first-order valence-electron chi connectivity index (χ1n) is 8.20. The monoisotopic (exact) mass is 385 g/mol. The van der Waals surface area contributed by atoms with E-state index in [9.17, 15) is 18.0 Å². The second-order valence-corrected chi connectivity index (χ2v) is 8.08. The number of thiol groups is 1. The highest BCUT2D eigenvalue weighted by Crippen LogP contribution is 2.34. The number of carbonyl (C=O) groups is 2. The number of anilines is 1. The minimum absolute atomic E-state index is 0.0297. The molecule has 1 aliphatic carbocycles. The molecule has 1 aliphatic rings. The molecule has 1 aromatic carbocycles. The standard InChI is InChI=1S/C17H23NO7S/c1-17(2,3)25-15(19)9-18(26(22)23)13-7-6-12(16(20)21)8-14(13)24-10-11-4-5-11/h6-8,11,26H,4-5,9-10H2,1-3H3,(H,20,21). The maximum Gasteiger partial charge on any atom is 0.335 e. The summed E-state index contributed by atoms with van der Waals surface area (Å²) in [6.45, 7) is 4.88. The van der Waals surface area contributed by atoms with Gasteiger partial charge in [0.15, 0.2) is 0 Å². The van der Waals surface area contributed by atoms with Crippen molar-refractivity contribution in [1.29, 1.82) is 0 Å². The summed E-state index contributed by atoms with van der Waals surface area (Å²) in [5.41, 5.74) is -0.675. The van der Waals surface area contributed by atoms with Crippen LogP contribution in [0.5, 0.6) is 5.75 Å². The van der Waals surface area contributed by atoms with Crippen molar-refractivity contribution in [2.75, 3.05) is 17.5 Å². The maximum absolute atomic E-state index is 12.0. The summed E-state index contributed by atoms with van der Waals surface area (Å²) in [6.07, 6.45) is 2.04. The lowest BCUT2D eigenvalue weighted by atomic mass is 10.2. The number of carboxylic acids is 1. The van der Waals surface area contributed by atoms with Crippen LogP contribution in [0.1, 0.15) is 44.0 Å². The van der Waals surface area contributed by atoms with E-state index < -0.39 is 35.0 Å². The molecular weight excluding hydrogens is 362 g/mol. The predicted molar refractivity (Wildman–Crippen MR) is 95.1 cm³/mol. The molecule has 1 fully saturated rings. The number of carbonyl (C=O) groups excluding carboxylic acids is 1. The largest absolute Gasteiger partial charge is 0.491 e. The molecule has 0 atom stereocenters. The van der Waals surface area contributed by atoms with E-state index in [0.717, 1.165) is 17.1 Å². The van der Waals surface area contributed by atoms with Crippen molar-refractivity contribution in [3.63, 3.8) is 0 Å². The van der Waals surface area contributed by atoms with Crippen LogP contribution < -0.4 is 9.04 Å². The normalized spacial score (nSPS) is 14.2. The van der Waals surface area contributed by atoms with Crippen molar-refractivity contribution in [2.45, 2.75) is 39.2 Å². The van der Waals surface area contributed by atoms with Crippen LogP contribution in [0.3, 0.4) is 0 Å². The Morgan fingerprint density at radius 1 is 1.27 bits per heavy atom. The van der Waals surface area contributed by atoms with Crippen LogP contribution in [0, 0.1) is 5.92 Å². The molecule has 0 radical (unpaired) electrons. The molecule has 144 valence electrons. The van der Waals surface area contributed by atoms with Crippen molar-refractivity contribution >= 4 is 28.5 Å². The fraction of sp³-hybridized carbons (Fsp3) is 0.529. The Morgan fingerprint density at radius 3 is 2.42 bits per heavy atom. The van der Waals surface area contributed by atoms with Crippen molar-refractivity contribution in [1.82, 2.24) is 0 Å². The molecule has 1 saturated carbocycles. The zero-order chi connectivity index (χ0) is 19.5. The molecule has 8 nitrogen and oxygen atoms in total. The van der Waals surface area contributed by atoms with Crippen LogP contribution in [0.25, 0.3) is 0 Å². The van der Waals surface area contributed by atoms with Crippen LogP contribution in [-0.4, -0.2) is 44.2 Å². The topological polar surface area (TPSA) is 110 Å². The van der Waals surface area contributed by atoms with Gasteiger partial charge in [-0.2, -0.15) is 0 Å². The molecule has 1 N–H and O–H groups in total. The van der Waals surface area contributed by atoms with Crippen LogP contribution in [-0.2, 0) is 20.4 Å². The Bertz CT molecular complexity index is 755. The molecule has 0 aliphatic heterocycles. The molecule has 0 heterocycles. The van der Waals surface area contributed by atoms with E-state index in [2.05, 4.69) is 0 Å². The molecule has 0 saturated heterocycles. The number of hydrogen-bond donors (Lipinski definition) is 2. The summed E-state index contributed by atoms with van der Waals surface area (Å²) in [5.74, 6) is -1.37. The van der Waals surface area contributed by atoms with E-state index in [4.69, 9.17) is 14.6 Å². The highest BCUT2D eigenvalue weighted by Gasteiger charge is 2.26. The number of rotatable bonds is 8. The van der Waals surface area contributed by atoms with E-state index in [1.165, 1.54) is 18.2 Å². The second-order valence-electron chi connectivity index (χ2n) is 7.12. The summed E-state index contributed by atoms with van der Waals surface area (Å²) < 4.78 is 35.1. The summed E-state index contributed by atoms with van der Waals surface area (Å²) in [5, 5.41) is 9.15. The Morgan fingerprint density at radius 2 is 1.92 bits per heavy atom. The van der Waals surface area contributed by atoms with Crippen LogP contribution in [0.4, 0.5) is 5.69 Å². The van der Waals surface area contributed by atoms with Gasteiger partial charge in [0.05, 0.1) is 17.9 Å². The van der Waals surface area contributed by atoms with Gasteiger partial charge in [-0.15, -0.1) is 0 Å². The summed E-state index contributed by atoms with van der Waals surface area (Å²) >= 11 is 0. The molecule has 2 rings (SSSR count). The van der Waals surface area contributed by atoms with Crippen molar-refractivity contribution in [2.24, 2.45) is 5.92 Å². The predicted octanol–water partition coefficient (Wildman–Crippen LogP) is 1.85. The van der Waals surface area contributed by atoms with Gasteiger partial charge in [0, 0.05) is 0 Å². The first-order chi connectivity index (χ1) is 12.1. The average Bonchev–Trinajstić information content (AvgIpc) is 3.32. The molecule has 26 heavy (non-hydrogen) atoms. The minimum atomic E-state index is -3.16. The third-order valence-corrected chi connectivity index (χ3v) is 4.30. The first-order valence-corrected chi connectivity index (χ1v) is 9.33. The number of benzene rings is 1. The van der Waals surface area contributed by atoms with Crippen LogP contribution in [0.2, 0.25) is 0 Å². The Labute approximate surface area is 153 Å². The third-order valence-electron chi connectivity index (χ3n) is 3.55. The number of nitrogens with zero attached hydrogens (tertiary/aromatic N) is 1. The summed E-state index contributed by atoms with van der Waals surface area (Å²) in [4.78, 5) is 23.2. The number of hydrogen-bond acceptors (Lipinski definition) is 6. The molecule has 9 heteroatoms. The highest BCUT2D eigenvalue weighted by atomic mass is 32.2. The average molecular weight is 385 g/mol. The Kier molecular flexibility index (Phi) is 6.12. The van der Waals surface area contributed by atoms with Gasteiger partial charge < -0.3 is 14.6 Å². The van der Waals surface area contributed by atoms with Gasteiger partial charge in [-0.1, -0.05) is 0 Å². The van der Waals surface area contributed by atoms with Crippen molar-refractivity contribution < 1.29 is 32.6 Å². The number of carboxylic acid groups (broad SMARTS) is 1. The van der Waals surface area contributed by atoms with Gasteiger partial charge >= 0.3 is 11.9 Å². The number of ether oxygens (including phenoxy) is 2. The Hall–Kier alpha value is -2.29. The van der Waals surface area contributed by atoms with Crippen LogP contribution >= 0.6 is 0 Å². The fourth-order valence-electron chi connectivity index (χ4n) is 2.20. The van der Waals surface area contributed by atoms with Gasteiger partial charge in [-0.05, 0) is 57.7 Å². The van der Waals surface area contributed by atoms with E-state index >= 15 is 0 Å². The first kappa shape index (κ1) is 20.0. The lowest BCUT2D eigenvalue weighted by molar-refractivity contribution is -0.152. The lowest BCUT2D eigenvalue weighted by Gasteiger charge is -2.24. The zero-order valence-electron chi connectivity index (χ0n) is 14.9. The highest BCUT2D eigenvalue weighted by molar-refractivity contribution is 7.74. The molecule has 0 unspecified atom stereocenters. The van der Waals surface area contributed by atoms with Gasteiger partial charge in [0.1, 0.15) is 17.9 Å². The van der Waals surface area contributed by atoms with Gasteiger partial charge in [-0.25, -0.2) is 13.2 Å². The second kappa shape index (κ2) is 7.94. The summed E-state index contributed by atoms with van der Waals surface area (Å²) in [6, 6.07) is 3.85. The van der Waals surface area contributed by atoms with Gasteiger partial charge in [0.2, 0.25) is 10.9 Å². The summed E-state index contributed by atoms with van der Waals surface area (Å²) in [7, 11) is -3.16. The minimum Gasteiger partial charge on any atom is -0.491 e. The molecule has 0 bridgehead atoms. The number of esters is 1. The quantitative estimate of drug-likeness (QED) is 0.519. The van der Waals surface area contributed by atoms with E-state index in [1.807, 2.05) is 0 Å². The molecular formula is C17H23NO7S. The van der Waals surface area contributed by atoms with Gasteiger partial charge in [0.25, 0.3) is 0 Å². The smallest absolute Gasteiger partial charge is 0.335 e. The maximum atomic E-state index is 12.0. The fourth-order valence-corrected chi connectivity index (χ4v) is 2.77. The number of aromatic carboxylic acids is 1. The van der Waals surface area contributed by atoms with Crippen LogP contribution in [0.15, 0.2) is 18.2 Å². The molecule has 0 amide bonds. The molecule has 1 aromatic rings. The molecule has 0 aromatic heterocycles. The lowest BCUT2D eigenvalue weighted by Crippen LogP contribution is -2.34. The van der Waals surface area contributed by atoms with E-state index in [-0.39, 0.29) is 17.0 Å². The SMILES string of the molecule is CC(C)(C)OC(=O)CN(c1ccc(C(=O)O)cc1OCC1CC1)[SH](=O)=O. The van der Waals surface area contributed by atoms with E-state index in [0.29, 0.717) is 12.5 Å². The van der Waals surface area contributed by atoms with E-state index in [1.54, 1.807) is 20.8 Å². The van der Waals surface area contributed by atoms with Crippen molar-refractivity contribution in [3.8, 4) is 5.75 Å².